The number of carbonyl (C=O) groups excluding carboxylic acids is 2. The van der Waals surface area contributed by atoms with Gasteiger partial charge < -0.3 is 10.6 Å². The molecular weight excluding hydrogens is 458 g/mol. The van der Waals surface area contributed by atoms with Crippen molar-refractivity contribution in [2.24, 2.45) is 0 Å². The monoisotopic (exact) mass is 481 g/mol. The van der Waals surface area contributed by atoms with Crippen LogP contribution in [0.5, 0.6) is 0 Å². The van der Waals surface area contributed by atoms with Gasteiger partial charge in [0.2, 0.25) is 10.0 Å². The van der Waals surface area contributed by atoms with E-state index in [0.29, 0.717) is 30.8 Å². The summed E-state index contributed by atoms with van der Waals surface area (Å²) in [4.78, 5) is 26.2. The summed E-state index contributed by atoms with van der Waals surface area (Å²) in [5, 5.41) is 7.67. The van der Waals surface area contributed by atoms with Gasteiger partial charge in [0.15, 0.2) is 0 Å². The molecule has 170 valence electrons. The van der Waals surface area contributed by atoms with E-state index in [4.69, 9.17) is 0 Å². The number of hydrogen-bond acceptors (Lipinski definition) is 5. The fourth-order valence-corrected chi connectivity index (χ4v) is 6.13. The van der Waals surface area contributed by atoms with Gasteiger partial charge in [0, 0.05) is 40.8 Å². The van der Waals surface area contributed by atoms with Crippen LogP contribution in [-0.2, 0) is 23.0 Å². The van der Waals surface area contributed by atoms with Crippen molar-refractivity contribution in [1.29, 1.82) is 0 Å². The van der Waals surface area contributed by atoms with Gasteiger partial charge in [0.05, 0.1) is 4.90 Å². The summed E-state index contributed by atoms with van der Waals surface area (Å²) in [6.45, 7) is 0.769. The Hall–Kier alpha value is -3.01. The Morgan fingerprint density at radius 1 is 0.970 bits per heavy atom. The average molecular weight is 482 g/mol. The van der Waals surface area contributed by atoms with Crippen LogP contribution in [-0.4, -0.2) is 37.1 Å². The van der Waals surface area contributed by atoms with Crippen LogP contribution in [0.4, 0.5) is 5.69 Å². The number of carbonyl (C=O) groups is 2. The van der Waals surface area contributed by atoms with E-state index in [1.807, 2.05) is 11.4 Å². The molecule has 2 aliphatic rings. The summed E-state index contributed by atoms with van der Waals surface area (Å²) in [5.41, 5.74) is 2.35. The van der Waals surface area contributed by atoms with E-state index < -0.39 is 15.9 Å². The van der Waals surface area contributed by atoms with Crippen LogP contribution in [0, 0.1) is 0 Å². The third-order valence-electron chi connectivity index (χ3n) is 5.82. The molecule has 0 spiro atoms. The van der Waals surface area contributed by atoms with Crippen LogP contribution in [0.25, 0.3) is 0 Å². The van der Waals surface area contributed by atoms with Crippen molar-refractivity contribution in [3.63, 3.8) is 0 Å². The Labute approximate surface area is 196 Å². The molecule has 9 heteroatoms. The maximum Gasteiger partial charge on any atom is 0.255 e. The first-order valence-corrected chi connectivity index (χ1v) is 13.1. The molecule has 0 bridgehead atoms. The number of thiophene rings is 1. The maximum atomic E-state index is 13.2. The van der Waals surface area contributed by atoms with Gasteiger partial charge in [-0.05, 0) is 78.7 Å². The highest BCUT2D eigenvalue weighted by Gasteiger charge is 2.29. The molecule has 3 aromatic rings. The zero-order chi connectivity index (χ0) is 23.0. The van der Waals surface area contributed by atoms with Gasteiger partial charge in [0.25, 0.3) is 11.8 Å². The molecule has 2 aromatic carbocycles. The second kappa shape index (κ2) is 8.74. The van der Waals surface area contributed by atoms with Gasteiger partial charge in [-0.25, -0.2) is 8.42 Å². The molecule has 2 heterocycles. The molecule has 1 saturated carbocycles. The number of nitrogens with one attached hydrogen (secondary N) is 2. The second-order valence-corrected chi connectivity index (χ2v) is 11.2. The second-order valence-electron chi connectivity index (χ2n) is 8.26. The quantitative estimate of drug-likeness (QED) is 0.562. The summed E-state index contributed by atoms with van der Waals surface area (Å²) in [7, 11) is -3.72. The van der Waals surface area contributed by atoms with E-state index in [0.717, 1.165) is 18.4 Å². The molecule has 2 N–H and O–H groups in total. The zero-order valence-electron chi connectivity index (χ0n) is 17.8. The third-order valence-corrected chi connectivity index (χ3v) is 8.69. The smallest absolute Gasteiger partial charge is 0.255 e. The molecule has 2 amide bonds. The number of hydrogen-bond donors (Lipinski definition) is 2. The number of sulfonamides is 1. The summed E-state index contributed by atoms with van der Waals surface area (Å²) in [6.07, 6.45) is 2.73. The number of rotatable bonds is 6. The van der Waals surface area contributed by atoms with Crippen LogP contribution in [0.1, 0.15) is 44.0 Å². The van der Waals surface area contributed by atoms with E-state index in [9.17, 15) is 18.0 Å². The first-order chi connectivity index (χ1) is 15.9. The van der Waals surface area contributed by atoms with Crippen molar-refractivity contribution in [3.05, 3.63) is 81.5 Å². The van der Waals surface area contributed by atoms with Crippen LogP contribution < -0.4 is 10.6 Å². The lowest BCUT2D eigenvalue weighted by atomic mass is 10.1. The Morgan fingerprint density at radius 2 is 1.76 bits per heavy atom. The normalized spacial score (nSPS) is 16.1. The minimum absolute atomic E-state index is 0.0981. The maximum absolute atomic E-state index is 13.2. The first-order valence-electron chi connectivity index (χ1n) is 10.8. The molecule has 0 radical (unpaired) electrons. The van der Waals surface area contributed by atoms with Crippen molar-refractivity contribution in [2.45, 2.75) is 36.7 Å². The average Bonchev–Trinajstić information content (AvgIpc) is 3.51. The molecule has 1 aliphatic carbocycles. The molecule has 1 aliphatic heterocycles. The van der Waals surface area contributed by atoms with Crippen molar-refractivity contribution >= 4 is 38.9 Å². The Balaban J connectivity index is 1.28. The third kappa shape index (κ3) is 4.71. The minimum Gasteiger partial charge on any atom is -0.349 e. The number of fused-ring (bicyclic) bond motifs is 1. The van der Waals surface area contributed by atoms with Gasteiger partial charge >= 0.3 is 0 Å². The van der Waals surface area contributed by atoms with Crippen molar-refractivity contribution in [3.8, 4) is 0 Å². The van der Waals surface area contributed by atoms with Crippen molar-refractivity contribution in [2.75, 3.05) is 11.9 Å². The van der Waals surface area contributed by atoms with Gasteiger partial charge in [-0.15, -0.1) is 11.3 Å². The van der Waals surface area contributed by atoms with E-state index in [1.165, 1.54) is 21.3 Å². The lowest BCUT2D eigenvalue weighted by Crippen LogP contribution is -2.35. The van der Waals surface area contributed by atoms with Gasteiger partial charge in [0.1, 0.15) is 0 Å². The predicted octanol–water partition coefficient (Wildman–Crippen LogP) is 3.64. The lowest BCUT2D eigenvalue weighted by Gasteiger charge is -2.26. The molecule has 0 unspecified atom stereocenters. The predicted molar refractivity (Wildman–Crippen MR) is 127 cm³/mol. The molecule has 1 aromatic heterocycles. The molecule has 5 rings (SSSR count). The Kier molecular flexibility index (Phi) is 5.77. The highest BCUT2D eigenvalue weighted by molar-refractivity contribution is 7.89. The topological polar surface area (TPSA) is 95.6 Å². The lowest BCUT2D eigenvalue weighted by molar-refractivity contribution is 0.0950. The Morgan fingerprint density at radius 3 is 2.52 bits per heavy atom. The summed E-state index contributed by atoms with van der Waals surface area (Å²) in [5.74, 6) is -0.540. The van der Waals surface area contributed by atoms with Crippen LogP contribution in [0.3, 0.4) is 0 Å². The Bertz CT molecular complexity index is 1310. The minimum atomic E-state index is -3.72. The van der Waals surface area contributed by atoms with Gasteiger partial charge in [-0.2, -0.15) is 4.31 Å². The van der Waals surface area contributed by atoms with E-state index in [1.54, 1.807) is 47.7 Å². The molecule has 0 saturated heterocycles. The van der Waals surface area contributed by atoms with Crippen molar-refractivity contribution in [1.82, 2.24) is 9.62 Å². The molecule has 33 heavy (non-hydrogen) atoms. The largest absolute Gasteiger partial charge is 0.349 e. The summed E-state index contributed by atoms with van der Waals surface area (Å²) < 4.78 is 27.9. The SMILES string of the molecule is O=C(Nc1ccc(C(=O)NC2CC2)cc1)c1cccc(S(=O)(=O)N2CCc3sccc3C2)c1. The number of benzene rings is 2. The van der Waals surface area contributed by atoms with Crippen LogP contribution >= 0.6 is 11.3 Å². The van der Waals surface area contributed by atoms with Crippen LogP contribution in [0.2, 0.25) is 0 Å². The van der Waals surface area contributed by atoms with E-state index in [2.05, 4.69) is 10.6 Å². The van der Waals surface area contributed by atoms with Crippen molar-refractivity contribution < 1.29 is 18.0 Å². The molecule has 0 atom stereocenters. The molecule has 7 nitrogen and oxygen atoms in total. The highest BCUT2D eigenvalue weighted by Crippen LogP contribution is 2.28. The number of nitrogens with zero attached hydrogens (tertiary/aromatic N) is 1. The first kappa shape index (κ1) is 21.8. The highest BCUT2D eigenvalue weighted by atomic mass is 32.2. The van der Waals surface area contributed by atoms with E-state index >= 15 is 0 Å². The van der Waals surface area contributed by atoms with Crippen LogP contribution in [0.15, 0.2) is 64.9 Å². The van der Waals surface area contributed by atoms with E-state index in [-0.39, 0.29) is 22.4 Å². The zero-order valence-corrected chi connectivity index (χ0v) is 19.4. The number of amides is 2. The number of anilines is 1. The fourth-order valence-electron chi connectivity index (χ4n) is 3.78. The summed E-state index contributed by atoms with van der Waals surface area (Å²) >= 11 is 1.65. The summed E-state index contributed by atoms with van der Waals surface area (Å²) in [6, 6.07) is 15.0. The van der Waals surface area contributed by atoms with Gasteiger partial charge in [-0.1, -0.05) is 6.07 Å². The fraction of sp³-hybridized carbons (Fsp3) is 0.250. The molecule has 1 fully saturated rings. The standard InChI is InChI=1S/C24H23N3O4S2/c28-23(25-20-8-9-20)16-4-6-19(7-5-16)26-24(29)17-2-1-3-21(14-17)33(30,31)27-12-10-22-18(15-27)11-13-32-22/h1-7,11,13-14,20H,8-10,12,15H2,(H,25,28)(H,26,29). The molecular formula is C24H23N3O4S2. The van der Waals surface area contributed by atoms with Gasteiger partial charge in [-0.3, -0.25) is 9.59 Å².